The van der Waals surface area contributed by atoms with Gasteiger partial charge in [-0.25, -0.2) is 9.37 Å². The lowest BCUT2D eigenvalue weighted by atomic mass is 9.98. The van der Waals surface area contributed by atoms with Gasteiger partial charge in [0.2, 0.25) is 5.91 Å². The van der Waals surface area contributed by atoms with E-state index < -0.39 is 0 Å². The Bertz CT molecular complexity index is 721. The van der Waals surface area contributed by atoms with Crippen LogP contribution >= 0.6 is 12.4 Å². The summed E-state index contributed by atoms with van der Waals surface area (Å²) in [6.45, 7) is 4.04. The summed E-state index contributed by atoms with van der Waals surface area (Å²) in [5.74, 6) is 0.509. The first kappa shape index (κ1) is 19.4. The molecule has 1 amide bonds. The maximum absolute atomic E-state index is 13.4. The van der Waals surface area contributed by atoms with Gasteiger partial charge in [-0.1, -0.05) is 19.1 Å². The Morgan fingerprint density at radius 2 is 2.28 bits per heavy atom. The molecule has 1 fully saturated rings. The third-order valence-corrected chi connectivity index (χ3v) is 4.54. The van der Waals surface area contributed by atoms with Crippen molar-refractivity contribution in [3.63, 3.8) is 0 Å². The van der Waals surface area contributed by atoms with E-state index in [1.165, 1.54) is 12.1 Å². The first-order valence-electron chi connectivity index (χ1n) is 8.29. The highest BCUT2D eigenvalue weighted by molar-refractivity contribution is 5.85. The number of imidazole rings is 1. The van der Waals surface area contributed by atoms with Crippen LogP contribution in [-0.2, 0) is 18.3 Å². The van der Waals surface area contributed by atoms with Crippen molar-refractivity contribution in [2.75, 3.05) is 19.6 Å². The van der Waals surface area contributed by atoms with E-state index in [0.717, 1.165) is 17.9 Å². The maximum atomic E-state index is 13.4. The summed E-state index contributed by atoms with van der Waals surface area (Å²) in [5.41, 5.74) is 0.847. The summed E-state index contributed by atoms with van der Waals surface area (Å²) >= 11 is 0. The van der Waals surface area contributed by atoms with Crippen molar-refractivity contribution in [2.24, 2.45) is 13.0 Å². The molecule has 0 aliphatic carbocycles. The second-order valence-corrected chi connectivity index (χ2v) is 6.38. The number of carbonyl (C=O) groups is 1. The van der Waals surface area contributed by atoms with Crippen molar-refractivity contribution in [3.05, 3.63) is 53.9 Å². The van der Waals surface area contributed by atoms with Crippen LogP contribution in [0, 0.1) is 11.7 Å². The van der Waals surface area contributed by atoms with Crippen LogP contribution in [0.3, 0.4) is 0 Å². The van der Waals surface area contributed by atoms with Crippen LogP contribution in [0.2, 0.25) is 0 Å². The molecule has 1 N–H and O–H groups in total. The second kappa shape index (κ2) is 8.45. The van der Waals surface area contributed by atoms with Crippen molar-refractivity contribution in [2.45, 2.75) is 19.4 Å². The Kier molecular flexibility index (Phi) is 6.56. The molecule has 2 atom stereocenters. The average Bonchev–Trinajstić information content (AvgIpc) is 3.00. The van der Waals surface area contributed by atoms with Gasteiger partial charge in [-0.2, -0.15) is 0 Å². The molecule has 0 saturated carbocycles. The molecule has 7 heteroatoms. The van der Waals surface area contributed by atoms with Crippen LogP contribution in [0.1, 0.15) is 24.4 Å². The minimum Gasteiger partial charge on any atom is -0.336 e. The summed E-state index contributed by atoms with van der Waals surface area (Å²) in [6, 6.07) is 6.40. The molecule has 136 valence electrons. The monoisotopic (exact) mass is 366 g/mol. The summed E-state index contributed by atoms with van der Waals surface area (Å²) in [5, 5.41) is 3.33. The molecule has 1 aliphatic heterocycles. The number of benzene rings is 1. The van der Waals surface area contributed by atoms with Crippen molar-refractivity contribution in [1.29, 1.82) is 0 Å². The zero-order chi connectivity index (χ0) is 17.1. The van der Waals surface area contributed by atoms with Crippen molar-refractivity contribution in [1.82, 2.24) is 19.8 Å². The van der Waals surface area contributed by atoms with E-state index in [1.807, 2.05) is 35.7 Å². The topological polar surface area (TPSA) is 50.2 Å². The quantitative estimate of drug-likeness (QED) is 0.903. The van der Waals surface area contributed by atoms with E-state index in [1.54, 1.807) is 12.3 Å². The molecule has 0 radical (unpaired) electrons. The Labute approximate surface area is 153 Å². The first-order chi connectivity index (χ1) is 11.6. The highest BCUT2D eigenvalue weighted by Gasteiger charge is 2.32. The standard InChI is InChI=1S/C18H23FN4O.ClH/c1-13(10-14-4-3-5-15(19)11-14)18(24)23-9-6-20-12-16(23)17-21-7-8-22(17)2;/h3-5,7-8,11,13,16,20H,6,9-10,12H2,1-2H3;1H. The van der Waals surface area contributed by atoms with Crippen LogP contribution in [0.5, 0.6) is 0 Å². The van der Waals surface area contributed by atoms with Crippen molar-refractivity contribution < 1.29 is 9.18 Å². The van der Waals surface area contributed by atoms with Gasteiger partial charge in [-0.3, -0.25) is 4.79 Å². The fourth-order valence-electron chi connectivity index (χ4n) is 3.28. The van der Waals surface area contributed by atoms with Gasteiger partial charge in [0, 0.05) is 45.0 Å². The molecule has 3 rings (SSSR count). The molecule has 1 aliphatic rings. The van der Waals surface area contributed by atoms with Gasteiger partial charge in [-0.05, 0) is 24.1 Å². The minimum atomic E-state index is -0.264. The van der Waals surface area contributed by atoms with Crippen LogP contribution in [0.25, 0.3) is 0 Å². The van der Waals surface area contributed by atoms with Gasteiger partial charge in [0.15, 0.2) is 0 Å². The van der Waals surface area contributed by atoms with Crippen molar-refractivity contribution in [3.8, 4) is 0 Å². The number of nitrogens with zero attached hydrogens (tertiary/aromatic N) is 3. The van der Waals surface area contributed by atoms with Gasteiger partial charge in [0.25, 0.3) is 0 Å². The smallest absolute Gasteiger partial charge is 0.226 e. The lowest BCUT2D eigenvalue weighted by Gasteiger charge is -2.37. The Morgan fingerprint density at radius 1 is 1.48 bits per heavy atom. The molecule has 0 spiro atoms. The van der Waals surface area contributed by atoms with E-state index in [-0.39, 0.29) is 36.1 Å². The van der Waals surface area contributed by atoms with Gasteiger partial charge >= 0.3 is 0 Å². The molecule has 1 saturated heterocycles. The SMILES string of the molecule is CC(Cc1cccc(F)c1)C(=O)N1CCNCC1c1nccn1C.Cl. The van der Waals surface area contributed by atoms with E-state index in [9.17, 15) is 9.18 Å². The zero-order valence-corrected chi connectivity index (χ0v) is 15.3. The summed E-state index contributed by atoms with van der Waals surface area (Å²) in [4.78, 5) is 19.3. The molecule has 5 nitrogen and oxygen atoms in total. The van der Waals surface area contributed by atoms with Crippen LogP contribution in [0.4, 0.5) is 4.39 Å². The third kappa shape index (κ3) is 4.38. The van der Waals surface area contributed by atoms with Crippen LogP contribution in [-0.4, -0.2) is 40.0 Å². The maximum Gasteiger partial charge on any atom is 0.226 e. The third-order valence-electron chi connectivity index (χ3n) is 4.54. The van der Waals surface area contributed by atoms with Crippen LogP contribution in [0.15, 0.2) is 36.7 Å². The number of amides is 1. The fraction of sp³-hybridized carbons (Fsp3) is 0.444. The molecular formula is C18H24ClFN4O. The normalized spacial score (nSPS) is 18.5. The molecule has 2 unspecified atom stereocenters. The van der Waals surface area contributed by atoms with Crippen molar-refractivity contribution >= 4 is 18.3 Å². The number of piperazine rings is 1. The largest absolute Gasteiger partial charge is 0.336 e. The number of carbonyl (C=O) groups excluding carboxylic acids is 1. The number of nitrogens with one attached hydrogen (secondary N) is 1. The summed E-state index contributed by atoms with van der Waals surface area (Å²) in [7, 11) is 1.94. The Morgan fingerprint density at radius 3 is 2.96 bits per heavy atom. The molecular weight excluding hydrogens is 343 g/mol. The molecule has 2 heterocycles. The molecule has 2 aromatic rings. The fourth-order valence-corrected chi connectivity index (χ4v) is 3.28. The van der Waals surface area contributed by atoms with Gasteiger partial charge < -0.3 is 14.8 Å². The number of aryl methyl sites for hydroxylation is 1. The van der Waals surface area contributed by atoms with Gasteiger partial charge in [0.05, 0.1) is 0 Å². The van der Waals surface area contributed by atoms with Crippen LogP contribution < -0.4 is 5.32 Å². The second-order valence-electron chi connectivity index (χ2n) is 6.38. The average molecular weight is 367 g/mol. The van der Waals surface area contributed by atoms with Gasteiger partial charge in [-0.15, -0.1) is 12.4 Å². The lowest BCUT2D eigenvalue weighted by molar-refractivity contribution is -0.138. The predicted octanol–water partition coefficient (Wildman–Crippen LogP) is 2.33. The number of rotatable bonds is 4. The zero-order valence-electron chi connectivity index (χ0n) is 14.5. The minimum absolute atomic E-state index is 0. The van der Waals surface area contributed by atoms with E-state index in [4.69, 9.17) is 0 Å². The number of aromatic nitrogens is 2. The summed E-state index contributed by atoms with van der Waals surface area (Å²) in [6.07, 6.45) is 4.18. The Balaban J connectivity index is 0.00000225. The van der Waals surface area contributed by atoms with E-state index in [2.05, 4.69) is 10.3 Å². The summed E-state index contributed by atoms with van der Waals surface area (Å²) < 4.78 is 15.3. The number of halogens is 2. The predicted molar refractivity (Wildman–Crippen MR) is 97.0 cm³/mol. The van der Waals surface area contributed by atoms with Gasteiger partial charge in [0.1, 0.15) is 17.7 Å². The lowest BCUT2D eigenvalue weighted by Crippen LogP contribution is -2.51. The molecule has 25 heavy (non-hydrogen) atoms. The number of hydrogen-bond acceptors (Lipinski definition) is 3. The molecule has 0 bridgehead atoms. The number of hydrogen-bond donors (Lipinski definition) is 1. The first-order valence-corrected chi connectivity index (χ1v) is 8.29. The van der Waals surface area contributed by atoms with E-state index >= 15 is 0 Å². The molecule has 1 aromatic carbocycles. The van der Waals surface area contributed by atoms with E-state index in [0.29, 0.717) is 19.5 Å². The molecule has 1 aromatic heterocycles. The highest BCUT2D eigenvalue weighted by Crippen LogP contribution is 2.23. The highest BCUT2D eigenvalue weighted by atomic mass is 35.5. The Hall–Kier alpha value is -1.92.